The molecule has 2 nitrogen and oxygen atoms in total. The normalized spacial score (nSPS) is 7.00. The van der Waals surface area contributed by atoms with Gasteiger partial charge in [-0.2, -0.15) is 0 Å². The van der Waals surface area contributed by atoms with Gasteiger partial charge in [0.05, 0.1) is 0 Å². The lowest BCUT2D eigenvalue weighted by molar-refractivity contribution is 0.372. The minimum atomic E-state index is 0.176. The molecule has 36 valence electrons. The Kier molecular flexibility index (Phi) is 2.20. The second-order valence-corrected chi connectivity index (χ2v) is 0.823. The smallest absolute Gasteiger partial charge is 0.120 e. The molecule has 0 heterocycles. The molecule has 0 atom stereocenters. The molecule has 0 unspecified atom stereocenters. The summed E-state index contributed by atoms with van der Waals surface area (Å²) < 4.78 is 11.0. The predicted octanol–water partition coefficient (Wildman–Crippen LogP) is 0.151. The highest BCUT2D eigenvalue weighted by Gasteiger charge is 1.75. The first-order chi connectivity index (χ1) is 2.81. The monoisotopic (exact) mass is 90.1 g/mol. The average molecular weight is 90.1 g/mol. The standard InChI is InChI=1S/C3H7FN2/c1-3(5-2)6-4/h5-6H,1H2,2H3. The molecule has 0 amide bonds. The number of halogens is 1. The van der Waals surface area contributed by atoms with Gasteiger partial charge in [-0.1, -0.05) is 6.58 Å². The summed E-state index contributed by atoms with van der Waals surface area (Å²) in [5.41, 5.74) is 1.31. The minimum Gasteiger partial charge on any atom is -0.374 e. The van der Waals surface area contributed by atoms with Gasteiger partial charge >= 0.3 is 0 Å². The SMILES string of the molecule is C=C(NC)NF. The van der Waals surface area contributed by atoms with E-state index in [9.17, 15) is 4.48 Å². The van der Waals surface area contributed by atoms with E-state index < -0.39 is 0 Å². The molecule has 0 saturated heterocycles. The zero-order valence-corrected chi connectivity index (χ0v) is 3.59. The van der Waals surface area contributed by atoms with E-state index in [1.54, 1.807) is 7.05 Å². The first-order valence-corrected chi connectivity index (χ1v) is 1.54. The third-order valence-electron chi connectivity index (χ3n) is 0.416. The van der Waals surface area contributed by atoms with Crippen LogP contribution in [0.4, 0.5) is 4.48 Å². The van der Waals surface area contributed by atoms with E-state index in [4.69, 9.17) is 0 Å². The first kappa shape index (κ1) is 5.27. The van der Waals surface area contributed by atoms with Crippen molar-refractivity contribution in [1.82, 2.24) is 10.9 Å². The maximum atomic E-state index is 11.0. The van der Waals surface area contributed by atoms with E-state index in [-0.39, 0.29) is 5.82 Å². The maximum absolute atomic E-state index is 11.0. The molecule has 0 rings (SSSR count). The van der Waals surface area contributed by atoms with Crippen LogP contribution < -0.4 is 10.9 Å². The molecule has 0 saturated carbocycles. The number of rotatable bonds is 2. The summed E-state index contributed by atoms with van der Waals surface area (Å²) in [6, 6.07) is 0. The van der Waals surface area contributed by atoms with Crippen LogP contribution in [0.15, 0.2) is 12.4 Å². The minimum absolute atomic E-state index is 0.176. The number of nitrogens with one attached hydrogen (secondary N) is 2. The molecule has 0 aliphatic rings. The Morgan fingerprint density at radius 1 is 1.83 bits per heavy atom. The molecule has 0 fully saturated rings. The molecule has 0 bridgehead atoms. The number of hydrogen-bond acceptors (Lipinski definition) is 2. The summed E-state index contributed by atoms with van der Waals surface area (Å²) in [6.07, 6.45) is 0. The molecule has 3 heteroatoms. The summed E-state index contributed by atoms with van der Waals surface area (Å²) in [5.74, 6) is 0.176. The van der Waals surface area contributed by atoms with Gasteiger partial charge in [0.1, 0.15) is 5.82 Å². The maximum Gasteiger partial charge on any atom is 0.120 e. The topological polar surface area (TPSA) is 24.1 Å². The third kappa shape index (κ3) is 1.58. The van der Waals surface area contributed by atoms with Gasteiger partial charge in [0.15, 0.2) is 0 Å². The second-order valence-electron chi connectivity index (χ2n) is 0.823. The number of hydrogen-bond donors (Lipinski definition) is 2. The molecule has 0 radical (unpaired) electrons. The van der Waals surface area contributed by atoms with Gasteiger partial charge in [-0.15, -0.1) is 4.48 Å². The van der Waals surface area contributed by atoms with Crippen LogP contribution in [0.5, 0.6) is 0 Å². The van der Waals surface area contributed by atoms with E-state index in [0.29, 0.717) is 0 Å². The molecule has 0 aliphatic heterocycles. The summed E-state index contributed by atoms with van der Waals surface area (Å²) >= 11 is 0. The summed E-state index contributed by atoms with van der Waals surface area (Å²) in [6.45, 7) is 3.19. The Bertz CT molecular complexity index is 46.8. The Balaban J connectivity index is 2.99. The molecular weight excluding hydrogens is 83.0 g/mol. The quantitative estimate of drug-likeness (QED) is 0.472. The Labute approximate surface area is 36.0 Å². The summed E-state index contributed by atoms with van der Waals surface area (Å²) in [5, 5.41) is 2.43. The van der Waals surface area contributed by atoms with Gasteiger partial charge in [-0.25, -0.2) is 5.54 Å². The molecule has 0 aliphatic carbocycles. The average Bonchev–Trinajstić information content (AvgIpc) is 1.65. The molecule has 0 aromatic rings. The van der Waals surface area contributed by atoms with Crippen LogP contribution in [0.2, 0.25) is 0 Å². The molecule has 0 aromatic carbocycles. The second kappa shape index (κ2) is 2.50. The molecular formula is C3H7FN2. The fraction of sp³-hybridized carbons (Fsp3) is 0.333. The fourth-order valence-electron chi connectivity index (χ4n) is 0.0472. The van der Waals surface area contributed by atoms with E-state index in [0.717, 1.165) is 0 Å². The predicted molar refractivity (Wildman–Crippen MR) is 22.4 cm³/mol. The lowest BCUT2D eigenvalue weighted by atomic mass is 10.8. The van der Waals surface area contributed by atoms with Gasteiger partial charge in [0.25, 0.3) is 0 Å². The zero-order valence-electron chi connectivity index (χ0n) is 3.59. The lowest BCUT2D eigenvalue weighted by Crippen LogP contribution is -2.13. The zero-order chi connectivity index (χ0) is 4.99. The lowest BCUT2D eigenvalue weighted by Gasteiger charge is -1.94. The van der Waals surface area contributed by atoms with Crippen molar-refractivity contribution in [3.8, 4) is 0 Å². The van der Waals surface area contributed by atoms with Crippen molar-refractivity contribution in [3.05, 3.63) is 12.4 Å². The van der Waals surface area contributed by atoms with Crippen LogP contribution in [0.25, 0.3) is 0 Å². The largest absolute Gasteiger partial charge is 0.374 e. The van der Waals surface area contributed by atoms with Crippen molar-refractivity contribution in [3.63, 3.8) is 0 Å². The Morgan fingerprint density at radius 2 is 2.33 bits per heavy atom. The first-order valence-electron chi connectivity index (χ1n) is 1.54. The van der Waals surface area contributed by atoms with Gasteiger partial charge in [-0.05, 0) is 0 Å². The van der Waals surface area contributed by atoms with Crippen molar-refractivity contribution in [2.75, 3.05) is 7.05 Å². The van der Waals surface area contributed by atoms with E-state index in [2.05, 4.69) is 11.9 Å². The molecule has 6 heavy (non-hydrogen) atoms. The van der Waals surface area contributed by atoms with Gasteiger partial charge in [0, 0.05) is 7.05 Å². The van der Waals surface area contributed by atoms with E-state index >= 15 is 0 Å². The highest BCUT2D eigenvalue weighted by Crippen LogP contribution is 1.67. The van der Waals surface area contributed by atoms with Crippen LogP contribution in [-0.4, -0.2) is 7.05 Å². The fourth-order valence-corrected chi connectivity index (χ4v) is 0.0472. The summed E-state index contributed by atoms with van der Waals surface area (Å²) in [7, 11) is 1.58. The van der Waals surface area contributed by atoms with Gasteiger partial charge in [-0.3, -0.25) is 0 Å². The summed E-state index contributed by atoms with van der Waals surface area (Å²) in [4.78, 5) is 0. The van der Waals surface area contributed by atoms with E-state index in [1.165, 1.54) is 5.54 Å². The molecule has 2 N–H and O–H groups in total. The van der Waals surface area contributed by atoms with Crippen LogP contribution in [0.1, 0.15) is 0 Å². The van der Waals surface area contributed by atoms with Crippen LogP contribution in [0, 0.1) is 0 Å². The van der Waals surface area contributed by atoms with Crippen molar-refractivity contribution in [2.24, 2.45) is 0 Å². The van der Waals surface area contributed by atoms with Crippen molar-refractivity contribution in [1.29, 1.82) is 0 Å². The van der Waals surface area contributed by atoms with Crippen LogP contribution in [-0.2, 0) is 0 Å². The highest BCUT2D eigenvalue weighted by atomic mass is 19.2. The van der Waals surface area contributed by atoms with Crippen LogP contribution in [0.3, 0.4) is 0 Å². The Hall–Kier alpha value is -0.730. The van der Waals surface area contributed by atoms with Crippen LogP contribution >= 0.6 is 0 Å². The van der Waals surface area contributed by atoms with Crippen molar-refractivity contribution in [2.45, 2.75) is 0 Å². The molecule has 0 aromatic heterocycles. The third-order valence-corrected chi connectivity index (χ3v) is 0.416. The van der Waals surface area contributed by atoms with Crippen molar-refractivity contribution < 1.29 is 4.48 Å². The van der Waals surface area contributed by atoms with E-state index in [1.807, 2.05) is 0 Å². The van der Waals surface area contributed by atoms with Crippen molar-refractivity contribution >= 4 is 0 Å². The highest BCUT2D eigenvalue weighted by molar-refractivity contribution is 4.80. The van der Waals surface area contributed by atoms with Gasteiger partial charge < -0.3 is 5.32 Å². The molecule has 0 spiro atoms. The van der Waals surface area contributed by atoms with Gasteiger partial charge in [0.2, 0.25) is 0 Å². The Morgan fingerprint density at radius 3 is 2.33 bits per heavy atom.